The van der Waals surface area contributed by atoms with Gasteiger partial charge >= 0.3 is 0 Å². The van der Waals surface area contributed by atoms with Crippen LogP contribution in [0.3, 0.4) is 0 Å². The highest BCUT2D eigenvalue weighted by Crippen LogP contribution is 2.52. The van der Waals surface area contributed by atoms with Crippen molar-refractivity contribution in [3.8, 4) is 0 Å². The highest BCUT2D eigenvalue weighted by Gasteiger charge is 2.66. The Hall–Kier alpha value is -2.99. The maximum absolute atomic E-state index is 13.2. The summed E-state index contributed by atoms with van der Waals surface area (Å²) in [5.74, 6) is -1.17. The summed E-state index contributed by atoms with van der Waals surface area (Å²) < 4.78 is 6.15. The quantitative estimate of drug-likeness (QED) is 0.846. The van der Waals surface area contributed by atoms with E-state index in [0.29, 0.717) is 13.1 Å². The molecule has 0 saturated carbocycles. The van der Waals surface area contributed by atoms with Gasteiger partial charge in [-0.1, -0.05) is 30.4 Å². The number of nitrogens with one attached hydrogen (secondary N) is 1. The zero-order valence-corrected chi connectivity index (χ0v) is 14.6. The SMILES string of the molecule is O=C(Nc1ccccc1)[C@H]1[C@H]2C=C[C@@]3(CN(Cc4ccncc4)C(=O)[C@@H]13)O2. The molecule has 6 nitrogen and oxygen atoms in total. The molecular formula is C21H19N3O3. The van der Waals surface area contributed by atoms with Gasteiger partial charge in [-0.25, -0.2) is 0 Å². The van der Waals surface area contributed by atoms with E-state index < -0.39 is 17.4 Å². The Bertz CT molecular complexity index is 915. The fourth-order valence-corrected chi connectivity index (χ4v) is 4.47. The molecule has 3 aliphatic rings. The van der Waals surface area contributed by atoms with Crippen LogP contribution in [0.4, 0.5) is 5.69 Å². The van der Waals surface area contributed by atoms with Crippen LogP contribution < -0.4 is 5.32 Å². The fourth-order valence-electron chi connectivity index (χ4n) is 4.47. The summed E-state index contributed by atoms with van der Waals surface area (Å²) in [6.45, 7) is 0.968. The van der Waals surface area contributed by atoms with E-state index in [4.69, 9.17) is 4.74 Å². The number of anilines is 1. The molecule has 0 unspecified atom stereocenters. The number of nitrogens with zero attached hydrogens (tertiary/aromatic N) is 2. The number of amides is 2. The molecule has 0 aliphatic carbocycles. The van der Waals surface area contributed by atoms with Crippen molar-refractivity contribution in [2.75, 3.05) is 11.9 Å². The number of hydrogen-bond donors (Lipinski definition) is 1. The van der Waals surface area contributed by atoms with E-state index in [1.807, 2.05) is 54.6 Å². The Balaban J connectivity index is 1.39. The van der Waals surface area contributed by atoms with Crippen LogP contribution in [0, 0.1) is 11.8 Å². The van der Waals surface area contributed by atoms with Gasteiger partial charge in [0.05, 0.1) is 24.5 Å². The number of para-hydroxylation sites is 1. The van der Waals surface area contributed by atoms with Crippen LogP contribution in [-0.2, 0) is 20.9 Å². The highest BCUT2D eigenvalue weighted by atomic mass is 16.5. The first-order chi connectivity index (χ1) is 13.2. The monoisotopic (exact) mass is 361 g/mol. The molecule has 1 N–H and O–H groups in total. The lowest BCUT2D eigenvalue weighted by molar-refractivity contribution is -0.136. The molecule has 4 atom stereocenters. The largest absolute Gasteiger partial charge is 0.360 e. The summed E-state index contributed by atoms with van der Waals surface area (Å²) in [6.07, 6.45) is 6.99. The van der Waals surface area contributed by atoms with Crippen molar-refractivity contribution in [3.05, 3.63) is 72.6 Å². The van der Waals surface area contributed by atoms with Gasteiger partial charge < -0.3 is 15.0 Å². The summed E-state index contributed by atoms with van der Waals surface area (Å²) in [7, 11) is 0. The smallest absolute Gasteiger partial charge is 0.231 e. The van der Waals surface area contributed by atoms with Crippen LogP contribution in [0.25, 0.3) is 0 Å². The summed E-state index contributed by atoms with van der Waals surface area (Å²) >= 11 is 0. The number of rotatable bonds is 4. The molecule has 2 aromatic rings. The van der Waals surface area contributed by atoms with Crippen LogP contribution in [0.1, 0.15) is 5.56 Å². The Kier molecular flexibility index (Phi) is 3.62. The third-order valence-corrected chi connectivity index (χ3v) is 5.65. The normalized spacial score (nSPS) is 30.6. The number of carbonyl (C=O) groups is 2. The Morgan fingerprint density at radius 1 is 1.22 bits per heavy atom. The molecule has 1 aromatic carbocycles. The van der Waals surface area contributed by atoms with E-state index in [9.17, 15) is 9.59 Å². The molecule has 2 bridgehead atoms. The van der Waals surface area contributed by atoms with Gasteiger partial charge in [0.25, 0.3) is 0 Å². The van der Waals surface area contributed by atoms with Gasteiger partial charge in [0.1, 0.15) is 5.60 Å². The lowest BCUT2D eigenvalue weighted by Gasteiger charge is -2.23. The molecule has 2 fully saturated rings. The highest BCUT2D eigenvalue weighted by molar-refractivity contribution is 5.99. The first-order valence-electron chi connectivity index (χ1n) is 9.07. The zero-order chi connectivity index (χ0) is 18.4. The number of aromatic nitrogens is 1. The molecule has 0 radical (unpaired) electrons. The van der Waals surface area contributed by atoms with E-state index >= 15 is 0 Å². The van der Waals surface area contributed by atoms with Gasteiger partial charge in [-0.15, -0.1) is 0 Å². The molecule has 4 heterocycles. The fraction of sp³-hybridized carbons (Fsp3) is 0.286. The molecule has 2 saturated heterocycles. The topological polar surface area (TPSA) is 71.5 Å². The molecule has 5 rings (SSSR count). The van der Waals surface area contributed by atoms with Crippen molar-refractivity contribution in [2.45, 2.75) is 18.2 Å². The third-order valence-electron chi connectivity index (χ3n) is 5.65. The molecule has 3 aliphatic heterocycles. The maximum Gasteiger partial charge on any atom is 0.231 e. The van der Waals surface area contributed by atoms with E-state index in [0.717, 1.165) is 11.3 Å². The second-order valence-electron chi connectivity index (χ2n) is 7.31. The summed E-state index contributed by atoms with van der Waals surface area (Å²) in [6, 6.07) is 13.1. The summed E-state index contributed by atoms with van der Waals surface area (Å²) in [5.41, 5.74) is 1.05. The second-order valence-corrected chi connectivity index (χ2v) is 7.31. The average Bonchev–Trinajstić information content (AvgIpc) is 3.32. The van der Waals surface area contributed by atoms with Crippen LogP contribution in [0.2, 0.25) is 0 Å². The number of pyridine rings is 1. The van der Waals surface area contributed by atoms with E-state index in [-0.39, 0.29) is 17.9 Å². The predicted molar refractivity (Wildman–Crippen MR) is 98.4 cm³/mol. The molecule has 1 aromatic heterocycles. The van der Waals surface area contributed by atoms with Crippen LogP contribution in [0.5, 0.6) is 0 Å². The van der Waals surface area contributed by atoms with Crippen molar-refractivity contribution < 1.29 is 14.3 Å². The number of hydrogen-bond acceptors (Lipinski definition) is 4. The van der Waals surface area contributed by atoms with Gasteiger partial charge in [0.2, 0.25) is 11.8 Å². The van der Waals surface area contributed by atoms with Crippen molar-refractivity contribution in [1.82, 2.24) is 9.88 Å². The minimum absolute atomic E-state index is 0.0214. The lowest BCUT2D eigenvalue weighted by Crippen LogP contribution is -2.41. The number of ether oxygens (including phenoxy) is 1. The number of fused-ring (bicyclic) bond motifs is 1. The third kappa shape index (κ3) is 2.56. The number of likely N-dealkylation sites (tertiary alicyclic amines) is 1. The lowest BCUT2D eigenvalue weighted by atomic mass is 9.77. The second kappa shape index (κ2) is 6.03. The van der Waals surface area contributed by atoms with Gasteiger partial charge in [-0.05, 0) is 29.8 Å². The van der Waals surface area contributed by atoms with Crippen molar-refractivity contribution in [3.63, 3.8) is 0 Å². The molecule has 6 heteroatoms. The molecule has 27 heavy (non-hydrogen) atoms. The number of carbonyl (C=O) groups excluding carboxylic acids is 2. The van der Waals surface area contributed by atoms with Crippen LogP contribution >= 0.6 is 0 Å². The molecular weight excluding hydrogens is 342 g/mol. The van der Waals surface area contributed by atoms with Crippen molar-refractivity contribution >= 4 is 17.5 Å². The molecule has 1 spiro atoms. The number of benzene rings is 1. The zero-order valence-electron chi connectivity index (χ0n) is 14.6. The van der Waals surface area contributed by atoms with Gasteiger partial charge in [0.15, 0.2) is 0 Å². The summed E-state index contributed by atoms with van der Waals surface area (Å²) in [5, 5.41) is 2.93. The summed E-state index contributed by atoms with van der Waals surface area (Å²) in [4.78, 5) is 31.9. The Morgan fingerprint density at radius 2 is 2.00 bits per heavy atom. The van der Waals surface area contributed by atoms with E-state index in [1.54, 1.807) is 17.3 Å². The standard InChI is InChI=1S/C21H19N3O3/c25-19(23-15-4-2-1-3-5-15)17-16-6-9-21(27-16)13-24(20(26)18(17)21)12-14-7-10-22-11-8-14/h1-11,16-18H,12-13H2,(H,23,25)/t16-,17+,18-,21+/m1/s1. The van der Waals surface area contributed by atoms with Gasteiger partial charge in [0, 0.05) is 24.6 Å². The minimum atomic E-state index is -0.687. The maximum atomic E-state index is 13.2. The van der Waals surface area contributed by atoms with Crippen LogP contribution in [0.15, 0.2) is 67.0 Å². The van der Waals surface area contributed by atoms with Crippen molar-refractivity contribution in [1.29, 1.82) is 0 Å². The minimum Gasteiger partial charge on any atom is -0.360 e. The first kappa shape index (κ1) is 16.2. The molecule has 2 amide bonds. The first-order valence-corrected chi connectivity index (χ1v) is 9.07. The molecule has 136 valence electrons. The average molecular weight is 361 g/mol. The van der Waals surface area contributed by atoms with Crippen LogP contribution in [-0.4, -0.2) is 39.9 Å². The Morgan fingerprint density at radius 3 is 2.78 bits per heavy atom. The van der Waals surface area contributed by atoms with Gasteiger partial charge in [-0.2, -0.15) is 0 Å². The van der Waals surface area contributed by atoms with E-state index in [2.05, 4.69) is 10.3 Å². The Labute approximate surface area is 156 Å². The van der Waals surface area contributed by atoms with Crippen molar-refractivity contribution in [2.24, 2.45) is 11.8 Å². The van der Waals surface area contributed by atoms with Gasteiger partial charge in [-0.3, -0.25) is 14.6 Å². The predicted octanol–water partition coefficient (Wildman–Crippen LogP) is 2.00. The van der Waals surface area contributed by atoms with E-state index in [1.165, 1.54) is 0 Å².